The molecule has 0 spiro atoms. The summed E-state index contributed by atoms with van der Waals surface area (Å²) in [6, 6.07) is 26.2. The van der Waals surface area contributed by atoms with Crippen molar-refractivity contribution in [2.45, 2.75) is 57.0 Å². The maximum Gasteiger partial charge on any atom is 0.319 e. The van der Waals surface area contributed by atoms with Gasteiger partial charge in [0.1, 0.15) is 5.82 Å². The summed E-state index contributed by atoms with van der Waals surface area (Å²) in [7, 11) is 0. The van der Waals surface area contributed by atoms with Crippen LogP contribution in [-0.2, 0) is 25.5 Å². The van der Waals surface area contributed by atoms with E-state index in [1.165, 1.54) is 0 Å². The fourth-order valence-electron chi connectivity index (χ4n) is 6.09. The van der Waals surface area contributed by atoms with Crippen LogP contribution in [0.25, 0.3) is 10.8 Å². The van der Waals surface area contributed by atoms with Crippen LogP contribution in [0.4, 0.5) is 5.82 Å². The second-order valence-corrected chi connectivity index (χ2v) is 11.3. The number of pyridine rings is 1. The lowest BCUT2D eigenvalue weighted by Crippen LogP contribution is -2.53. The molecule has 0 radical (unpaired) electrons. The predicted octanol–water partition coefficient (Wildman–Crippen LogP) is 5.05. The van der Waals surface area contributed by atoms with Gasteiger partial charge in [0.25, 0.3) is 0 Å². The molecule has 228 valence electrons. The molecule has 1 aromatic heterocycles. The summed E-state index contributed by atoms with van der Waals surface area (Å²) in [5.41, 5.74) is 8.92. The molecule has 1 amide bonds. The number of ketones is 1. The summed E-state index contributed by atoms with van der Waals surface area (Å²) >= 11 is 0. The molecule has 8 heteroatoms. The van der Waals surface area contributed by atoms with Crippen LogP contribution in [-0.4, -0.2) is 59.3 Å². The third kappa shape index (κ3) is 7.32. The van der Waals surface area contributed by atoms with Gasteiger partial charge in [-0.2, -0.15) is 0 Å². The normalized spacial score (nSPS) is 15.4. The first-order valence-corrected chi connectivity index (χ1v) is 15.4. The van der Waals surface area contributed by atoms with Crippen LogP contribution in [0.2, 0.25) is 0 Å². The first kappa shape index (κ1) is 30.9. The molecule has 0 unspecified atom stereocenters. The van der Waals surface area contributed by atoms with E-state index in [9.17, 15) is 14.4 Å². The Bertz CT molecular complexity index is 1540. The average Bonchev–Trinajstić information content (AvgIpc) is 3.55. The summed E-state index contributed by atoms with van der Waals surface area (Å²) in [6.07, 6.45) is 4.65. The number of aryl methyl sites for hydroxylation is 1. The third-order valence-electron chi connectivity index (χ3n) is 8.28. The van der Waals surface area contributed by atoms with Crippen LogP contribution in [0, 0.1) is 0 Å². The van der Waals surface area contributed by atoms with E-state index in [0.29, 0.717) is 44.7 Å². The van der Waals surface area contributed by atoms with Gasteiger partial charge in [-0.1, -0.05) is 85.8 Å². The van der Waals surface area contributed by atoms with E-state index < -0.39 is 18.1 Å². The van der Waals surface area contributed by atoms with E-state index in [2.05, 4.69) is 10.3 Å². The number of hydrogen-bond acceptors (Lipinski definition) is 7. The van der Waals surface area contributed by atoms with Gasteiger partial charge < -0.3 is 15.4 Å². The standard InChI is InChI=1S/C36H40N4O4/c1-2-22-44-32(42)24-39-34(33(26-10-5-3-6-11-26)27-12-7-4-8-13-27)36(43)40-21-9-14-30(40)31(41)18-16-25-15-17-29-28(23-25)19-20-38-35(29)37/h3-8,10-13,15,17,19-20,23,30,33-34,39H,2,9,14,16,18,21-22,24H2,1H3,(H2,37,38)/t30-,34+/m0/s1. The molecule has 8 nitrogen and oxygen atoms in total. The first-order valence-electron chi connectivity index (χ1n) is 15.4. The number of hydrogen-bond donors (Lipinski definition) is 2. The summed E-state index contributed by atoms with van der Waals surface area (Å²) < 4.78 is 5.31. The highest BCUT2D eigenvalue weighted by Crippen LogP contribution is 2.31. The second-order valence-electron chi connectivity index (χ2n) is 11.3. The number of benzene rings is 3. The highest BCUT2D eigenvalue weighted by molar-refractivity contribution is 5.93. The van der Waals surface area contributed by atoms with Crippen molar-refractivity contribution in [1.29, 1.82) is 0 Å². The molecule has 44 heavy (non-hydrogen) atoms. The number of carbonyl (C=O) groups excluding carboxylic acids is 3. The van der Waals surface area contributed by atoms with Gasteiger partial charge in [-0.05, 0) is 53.8 Å². The highest BCUT2D eigenvalue weighted by atomic mass is 16.5. The molecule has 2 heterocycles. The number of ether oxygens (including phenoxy) is 1. The zero-order valence-electron chi connectivity index (χ0n) is 25.2. The number of fused-ring (bicyclic) bond motifs is 1. The Balaban J connectivity index is 1.37. The summed E-state index contributed by atoms with van der Waals surface area (Å²) in [5, 5.41) is 5.12. The number of aromatic nitrogens is 1. The Labute approximate surface area is 258 Å². The van der Waals surface area contributed by atoms with Gasteiger partial charge >= 0.3 is 5.97 Å². The quantitative estimate of drug-likeness (QED) is 0.209. The molecule has 5 rings (SSSR count). The molecule has 1 aliphatic heterocycles. The molecular weight excluding hydrogens is 552 g/mol. The number of Topliss-reactive ketones (excluding diaryl/α,β-unsaturated/α-hetero) is 1. The largest absolute Gasteiger partial charge is 0.465 e. The van der Waals surface area contributed by atoms with Crippen LogP contribution in [0.5, 0.6) is 0 Å². The molecule has 2 atom stereocenters. The fraction of sp³-hybridized carbons (Fsp3) is 0.333. The lowest BCUT2D eigenvalue weighted by molar-refractivity contribution is -0.144. The number of nitrogens with two attached hydrogens (primary N) is 1. The summed E-state index contributed by atoms with van der Waals surface area (Å²) in [4.78, 5) is 46.6. The van der Waals surface area contributed by atoms with E-state index in [4.69, 9.17) is 10.5 Å². The number of anilines is 1. The van der Waals surface area contributed by atoms with Crippen LogP contribution < -0.4 is 11.1 Å². The lowest BCUT2D eigenvalue weighted by atomic mass is 9.84. The van der Waals surface area contributed by atoms with Gasteiger partial charge in [0.2, 0.25) is 5.91 Å². The number of rotatable bonds is 13. The minimum absolute atomic E-state index is 0.0438. The van der Waals surface area contributed by atoms with Crippen molar-refractivity contribution >= 4 is 34.3 Å². The molecule has 1 fully saturated rings. The van der Waals surface area contributed by atoms with E-state index in [1.54, 1.807) is 11.1 Å². The first-order chi connectivity index (χ1) is 21.5. The zero-order valence-corrected chi connectivity index (χ0v) is 25.2. The minimum Gasteiger partial charge on any atom is -0.465 e. The van der Waals surface area contributed by atoms with E-state index >= 15 is 0 Å². The van der Waals surface area contributed by atoms with Crippen molar-refractivity contribution in [1.82, 2.24) is 15.2 Å². The van der Waals surface area contributed by atoms with Gasteiger partial charge in [0, 0.05) is 30.5 Å². The van der Waals surface area contributed by atoms with E-state index in [0.717, 1.165) is 33.9 Å². The molecule has 1 saturated heterocycles. The van der Waals surface area contributed by atoms with Gasteiger partial charge in [-0.3, -0.25) is 19.7 Å². The highest BCUT2D eigenvalue weighted by Gasteiger charge is 2.40. The maximum atomic E-state index is 14.5. The number of nitrogens with one attached hydrogen (secondary N) is 1. The van der Waals surface area contributed by atoms with Crippen molar-refractivity contribution in [2.75, 3.05) is 25.4 Å². The Kier molecular flexibility index (Phi) is 10.4. The number of amides is 1. The van der Waals surface area contributed by atoms with Gasteiger partial charge in [0.05, 0.1) is 25.2 Å². The Hall–Kier alpha value is -4.56. The van der Waals surface area contributed by atoms with Crippen LogP contribution in [0.3, 0.4) is 0 Å². The number of likely N-dealkylation sites (tertiary alicyclic amines) is 1. The summed E-state index contributed by atoms with van der Waals surface area (Å²) in [6.45, 7) is 2.64. The number of esters is 1. The number of nitrogens with zero attached hydrogens (tertiary/aromatic N) is 2. The molecular formula is C36H40N4O4. The zero-order chi connectivity index (χ0) is 30.9. The summed E-state index contributed by atoms with van der Waals surface area (Å²) in [5.74, 6) is -0.444. The van der Waals surface area contributed by atoms with Gasteiger partial charge in [-0.15, -0.1) is 0 Å². The van der Waals surface area contributed by atoms with Crippen molar-refractivity contribution in [3.05, 3.63) is 108 Å². The average molecular weight is 593 g/mol. The molecule has 0 aliphatic carbocycles. The Morgan fingerprint density at radius 1 is 1.00 bits per heavy atom. The van der Waals surface area contributed by atoms with Crippen molar-refractivity contribution in [3.63, 3.8) is 0 Å². The van der Waals surface area contributed by atoms with E-state index in [-0.39, 0.29) is 24.2 Å². The van der Waals surface area contributed by atoms with Crippen LogP contribution in [0.1, 0.15) is 55.2 Å². The monoisotopic (exact) mass is 592 g/mol. The van der Waals surface area contributed by atoms with Crippen molar-refractivity contribution in [2.24, 2.45) is 0 Å². The molecule has 3 N–H and O–H groups in total. The van der Waals surface area contributed by atoms with Gasteiger partial charge in [-0.25, -0.2) is 4.98 Å². The third-order valence-corrected chi connectivity index (χ3v) is 8.28. The smallest absolute Gasteiger partial charge is 0.319 e. The Morgan fingerprint density at radius 3 is 2.39 bits per heavy atom. The van der Waals surface area contributed by atoms with E-state index in [1.807, 2.05) is 91.9 Å². The molecule has 3 aromatic carbocycles. The number of carbonyl (C=O) groups is 3. The number of nitrogen functional groups attached to an aromatic ring is 1. The fourth-order valence-corrected chi connectivity index (χ4v) is 6.09. The van der Waals surface area contributed by atoms with Crippen molar-refractivity contribution in [3.8, 4) is 0 Å². The topological polar surface area (TPSA) is 115 Å². The van der Waals surface area contributed by atoms with Gasteiger partial charge in [0.15, 0.2) is 5.78 Å². The van der Waals surface area contributed by atoms with Crippen LogP contribution in [0.15, 0.2) is 91.1 Å². The SMILES string of the molecule is CCCOC(=O)CN[C@@H](C(=O)N1CCC[C@H]1C(=O)CCc1ccc2c(N)nccc2c1)C(c1ccccc1)c1ccccc1. The molecule has 1 aliphatic rings. The minimum atomic E-state index is -0.776. The lowest BCUT2D eigenvalue weighted by Gasteiger charge is -2.33. The predicted molar refractivity (Wildman–Crippen MR) is 172 cm³/mol. The maximum absolute atomic E-state index is 14.5. The molecule has 4 aromatic rings. The molecule has 0 saturated carbocycles. The van der Waals surface area contributed by atoms with Crippen LogP contribution >= 0.6 is 0 Å². The van der Waals surface area contributed by atoms with Crippen molar-refractivity contribution < 1.29 is 19.1 Å². The molecule has 0 bridgehead atoms. The second kappa shape index (κ2) is 14.8. The Morgan fingerprint density at radius 2 is 1.70 bits per heavy atom.